The van der Waals surface area contributed by atoms with Crippen LogP contribution in [0.2, 0.25) is 5.02 Å². The summed E-state index contributed by atoms with van der Waals surface area (Å²) in [6.45, 7) is 0. The van der Waals surface area contributed by atoms with E-state index in [0.717, 1.165) is 0 Å². The van der Waals surface area contributed by atoms with Crippen LogP contribution in [0.3, 0.4) is 0 Å². The predicted molar refractivity (Wildman–Crippen MR) is 64.3 cm³/mol. The second-order valence-corrected chi connectivity index (χ2v) is 3.90. The molecule has 1 aromatic heterocycles. The Hall–Kier alpha value is -1.36. The van der Waals surface area contributed by atoms with Crippen LogP contribution >= 0.6 is 11.6 Å². The van der Waals surface area contributed by atoms with Gasteiger partial charge in [0.1, 0.15) is 11.8 Å². The first-order chi connectivity index (χ1) is 8.17. The molecule has 2 rings (SSSR count). The highest BCUT2D eigenvalue weighted by Crippen LogP contribution is 2.20. The quantitative estimate of drug-likeness (QED) is 0.791. The Balaban J connectivity index is 2.68. The molecule has 2 aromatic rings. The zero-order valence-corrected chi connectivity index (χ0v) is 10.2. The maximum absolute atomic E-state index is 12.2. The van der Waals surface area contributed by atoms with E-state index in [4.69, 9.17) is 25.5 Å². The first-order valence-electron chi connectivity index (χ1n) is 4.94. The SMILES string of the molecule is COC(OC)c1coc2ccc(Cl)cc2c1=O. The van der Waals surface area contributed by atoms with Gasteiger partial charge in [0.15, 0.2) is 6.29 Å². The number of rotatable bonds is 3. The zero-order valence-electron chi connectivity index (χ0n) is 9.40. The number of ether oxygens (including phenoxy) is 2. The molecule has 0 aliphatic rings. The van der Waals surface area contributed by atoms with Crippen LogP contribution < -0.4 is 5.43 Å². The van der Waals surface area contributed by atoms with Crippen LogP contribution in [0.15, 0.2) is 33.7 Å². The average molecular weight is 255 g/mol. The van der Waals surface area contributed by atoms with Gasteiger partial charge in [0, 0.05) is 19.2 Å². The maximum Gasteiger partial charge on any atom is 0.201 e. The number of hydrogen-bond acceptors (Lipinski definition) is 4. The van der Waals surface area contributed by atoms with Crippen molar-refractivity contribution >= 4 is 22.6 Å². The van der Waals surface area contributed by atoms with Crippen molar-refractivity contribution in [2.45, 2.75) is 6.29 Å². The molecule has 0 spiro atoms. The van der Waals surface area contributed by atoms with E-state index in [1.807, 2.05) is 0 Å². The Labute approximate surface area is 103 Å². The molecule has 0 unspecified atom stereocenters. The lowest BCUT2D eigenvalue weighted by molar-refractivity contribution is -0.107. The van der Waals surface area contributed by atoms with E-state index in [9.17, 15) is 4.79 Å². The molecule has 1 aromatic carbocycles. The number of hydrogen-bond donors (Lipinski definition) is 0. The lowest BCUT2D eigenvalue weighted by atomic mass is 10.1. The molecule has 0 radical (unpaired) electrons. The first-order valence-corrected chi connectivity index (χ1v) is 5.31. The van der Waals surface area contributed by atoms with Crippen LogP contribution in [-0.2, 0) is 9.47 Å². The van der Waals surface area contributed by atoms with Crippen LogP contribution in [0, 0.1) is 0 Å². The summed E-state index contributed by atoms with van der Waals surface area (Å²) in [6.07, 6.45) is 0.602. The molecule has 4 nitrogen and oxygen atoms in total. The molecule has 0 fully saturated rings. The maximum atomic E-state index is 12.2. The Kier molecular flexibility index (Phi) is 3.47. The summed E-state index contributed by atoms with van der Waals surface area (Å²) >= 11 is 5.85. The Morgan fingerprint density at radius 3 is 2.65 bits per heavy atom. The number of halogens is 1. The number of fused-ring (bicyclic) bond motifs is 1. The highest BCUT2D eigenvalue weighted by molar-refractivity contribution is 6.31. The van der Waals surface area contributed by atoms with Crippen molar-refractivity contribution in [3.63, 3.8) is 0 Å². The highest BCUT2D eigenvalue weighted by Gasteiger charge is 2.16. The van der Waals surface area contributed by atoms with Crippen molar-refractivity contribution in [1.82, 2.24) is 0 Å². The van der Waals surface area contributed by atoms with Gasteiger partial charge in [-0.05, 0) is 18.2 Å². The van der Waals surface area contributed by atoms with Gasteiger partial charge in [-0.25, -0.2) is 0 Å². The standard InChI is InChI=1S/C12H11ClO4/c1-15-12(16-2)9-6-17-10-4-3-7(13)5-8(10)11(9)14/h3-6,12H,1-2H3. The van der Waals surface area contributed by atoms with Crippen LogP contribution in [0.4, 0.5) is 0 Å². The summed E-state index contributed by atoms with van der Waals surface area (Å²) in [5.41, 5.74) is 0.585. The van der Waals surface area contributed by atoms with Gasteiger partial charge in [0.2, 0.25) is 5.43 Å². The van der Waals surface area contributed by atoms with Crippen LogP contribution in [0.25, 0.3) is 11.0 Å². The van der Waals surface area contributed by atoms with Crippen molar-refractivity contribution in [3.8, 4) is 0 Å². The van der Waals surface area contributed by atoms with Crippen molar-refractivity contribution in [3.05, 3.63) is 45.3 Å². The van der Waals surface area contributed by atoms with Gasteiger partial charge in [-0.15, -0.1) is 0 Å². The molecule has 0 atom stereocenters. The minimum Gasteiger partial charge on any atom is -0.464 e. The lowest BCUT2D eigenvalue weighted by Gasteiger charge is -2.12. The van der Waals surface area contributed by atoms with Crippen molar-refractivity contribution in [2.24, 2.45) is 0 Å². The lowest BCUT2D eigenvalue weighted by Crippen LogP contribution is -2.16. The Morgan fingerprint density at radius 1 is 1.29 bits per heavy atom. The molecule has 0 aliphatic heterocycles. The molecule has 1 heterocycles. The van der Waals surface area contributed by atoms with Gasteiger partial charge in [0.25, 0.3) is 0 Å². The predicted octanol–water partition coefficient (Wildman–Crippen LogP) is 2.74. The monoisotopic (exact) mass is 254 g/mol. The second kappa shape index (κ2) is 4.87. The fourth-order valence-electron chi connectivity index (χ4n) is 1.63. The minimum absolute atomic E-state index is 0.206. The molecule has 0 bridgehead atoms. The molecular weight excluding hydrogens is 244 g/mol. The molecule has 0 saturated carbocycles. The fraction of sp³-hybridized carbons (Fsp3) is 0.250. The normalized spacial score (nSPS) is 11.3. The van der Waals surface area contributed by atoms with E-state index in [0.29, 0.717) is 21.6 Å². The van der Waals surface area contributed by atoms with Gasteiger partial charge in [0.05, 0.1) is 10.9 Å². The summed E-state index contributed by atoms with van der Waals surface area (Å²) in [4.78, 5) is 12.2. The van der Waals surface area contributed by atoms with Gasteiger partial charge in [-0.1, -0.05) is 11.6 Å². The van der Waals surface area contributed by atoms with Crippen molar-refractivity contribution < 1.29 is 13.9 Å². The van der Waals surface area contributed by atoms with Crippen molar-refractivity contribution in [2.75, 3.05) is 14.2 Å². The summed E-state index contributed by atoms with van der Waals surface area (Å²) < 4.78 is 15.4. The summed E-state index contributed by atoms with van der Waals surface area (Å²) in [5, 5.41) is 0.891. The van der Waals surface area contributed by atoms with Gasteiger partial charge < -0.3 is 13.9 Å². The smallest absolute Gasteiger partial charge is 0.201 e. The fourth-order valence-corrected chi connectivity index (χ4v) is 1.80. The zero-order chi connectivity index (χ0) is 12.4. The van der Waals surface area contributed by atoms with Crippen LogP contribution in [0.1, 0.15) is 11.9 Å². The van der Waals surface area contributed by atoms with Crippen LogP contribution in [0.5, 0.6) is 0 Å². The van der Waals surface area contributed by atoms with Gasteiger partial charge >= 0.3 is 0 Å². The molecule has 0 N–H and O–H groups in total. The molecule has 0 saturated heterocycles. The molecule has 90 valence electrons. The average Bonchev–Trinajstić information content (AvgIpc) is 2.34. The van der Waals surface area contributed by atoms with Gasteiger partial charge in [-0.2, -0.15) is 0 Å². The third-order valence-electron chi connectivity index (χ3n) is 2.44. The molecule has 0 amide bonds. The van der Waals surface area contributed by atoms with Crippen molar-refractivity contribution in [1.29, 1.82) is 0 Å². The third-order valence-corrected chi connectivity index (χ3v) is 2.68. The summed E-state index contributed by atoms with van der Waals surface area (Å²) in [6, 6.07) is 4.88. The molecular formula is C12H11ClO4. The molecule has 17 heavy (non-hydrogen) atoms. The highest BCUT2D eigenvalue weighted by atomic mass is 35.5. The number of benzene rings is 1. The molecule has 5 heteroatoms. The Morgan fingerprint density at radius 2 is 2.00 bits per heavy atom. The minimum atomic E-state index is -0.741. The van der Waals surface area contributed by atoms with E-state index in [2.05, 4.69) is 0 Å². The van der Waals surface area contributed by atoms with E-state index >= 15 is 0 Å². The topological polar surface area (TPSA) is 48.7 Å². The van der Waals surface area contributed by atoms with E-state index in [1.54, 1.807) is 18.2 Å². The van der Waals surface area contributed by atoms with Crippen LogP contribution in [-0.4, -0.2) is 14.2 Å². The summed E-state index contributed by atoms with van der Waals surface area (Å²) in [7, 11) is 2.91. The molecule has 0 aliphatic carbocycles. The van der Waals surface area contributed by atoms with E-state index in [-0.39, 0.29) is 5.43 Å². The Bertz CT molecular complexity index is 587. The van der Waals surface area contributed by atoms with E-state index < -0.39 is 6.29 Å². The first kappa shape index (κ1) is 12.1. The second-order valence-electron chi connectivity index (χ2n) is 3.46. The third kappa shape index (κ3) is 2.20. The number of methoxy groups -OCH3 is 2. The largest absolute Gasteiger partial charge is 0.464 e. The van der Waals surface area contributed by atoms with E-state index in [1.165, 1.54) is 20.5 Å². The van der Waals surface area contributed by atoms with Gasteiger partial charge in [-0.3, -0.25) is 4.79 Å². The summed E-state index contributed by atoms with van der Waals surface area (Å²) in [5.74, 6) is 0.